The van der Waals surface area contributed by atoms with Crippen LogP contribution in [0, 0.1) is 0 Å². The van der Waals surface area contributed by atoms with Gasteiger partial charge in [-0.05, 0) is 37.8 Å². The number of hydrogen-bond donors (Lipinski definition) is 2. The maximum Gasteiger partial charge on any atom is 0.272 e. The number of hydrogen-bond acceptors (Lipinski definition) is 5. The number of carbonyl (C=O) groups excluding carboxylic acids is 1. The van der Waals surface area contributed by atoms with E-state index >= 15 is 0 Å². The zero-order valence-electron chi connectivity index (χ0n) is 16.6. The Morgan fingerprint density at radius 3 is 2.75 bits per heavy atom. The van der Waals surface area contributed by atoms with Gasteiger partial charge in [0.25, 0.3) is 11.5 Å². The number of aromatic hydroxyl groups is 1. The van der Waals surface area contributed by atoms with E-state index in [0.29, 0.717) is 31.0 Å². The highest BCUT2D eigenvalue weighted by atomic mass is 16.3. The Kier molecular flexibility index (Phi) is 4.28. The van der Waals surface area contributed by atoms with E-state index in [4.69, 9.17) is 4.98 Å². The number of nitrogens with one attached hydrogen (secondary N) is 1. The molecule has 7 heteroatoms. The smallest absolute Gasteiger partial charge is 0.272 e. The number of aromatic nitrogens is 3. The highest BCUT2D eigenvalue weighted by Crippen LogP contribution is 2.43. The molecule has 3 heterocycles. The Hall–Kier alpha value is -2.70. The highest BCUT2D eigenvalue weighted by molar-refractivity contribution is 5.92. The van der Waals surface area contributed by atoms with Gasteiger partial charge < -0.3 is 15.0 Å². The Morgan fingerprint density at radius 2 is 2.07 bits per heavy atom. The zero-order valence-corrected chi connectivity index (χ0v) is 16.6. The Balaban J connectivity index is 1.69. The van der Waals surface area contributed by atoms with E-state index in [-0.39, 0.29) is 28.0 Å². The van der Waals surface area contributed by atoms with Crippen LogP contribution in [0.2, 0.25) is 0 Å². The predicted molar refractivity (Wildman–Crippen MR) is 105 cm³/mol. The van der Waals surface area contributed by atoms with Crippen LogP contribution in [-0.4, -0.2) is 44.0 Å². The fraction of sp³-hybridized carbons (Fsp3) is 0.524. The number of pyridine rings is 1. The molecule has 1 unspecified atom stereocenters. The third kappa shape index (κ3) is 3.08. The first-order chi connectivity index (χ1) is 13.2. The molecule has 1 saturated heterocycles. The second-order valence-corrected chi connectivity index (χ2v) is 9.00. The minimum atomic E-state index is -0.269. The summed E-state index contributed by atoms with van der Waals surface area (Å²) in [5, 5.41) is 9.41. The Bertz CT molecular complexity index is 975. The lowest BCUT2D eigenvalue weighted by Crippen LogP contribution is -2.48. The van der Waals surface area contributed by atoms with Crippen LogP contribution in [0.1, 0.15) is 67.6 Å². The van der Waals surface area contributed by atoms with Crippen LogP contribution >= 0.6 is 0 Å². The number of carbonyl (C=O) groups is 1. The number of piperidine rings is 1. The summed E-state index contributed by atoms with van der Waals surface area (Å²) in [5.41, 5.74) is 1.40. The second-order valence-electron chi connectivity index (χ2n) is 9.00. The summed E-state index contributed by atoms with van der Waals surface area (Å²) >= 11 is 0. The molecule has 1 amide bonds. The van der Waals surface area contributed by atoms with Crippen LogP contribution in [0.4, 0.5) is 0 Å². The van der Waals surface area contributed by atoms with Crippen LogP contribution in [0.5, 0.6) is 5.75 Å². The fourth-order valence-electron chi connectivity index (χ4n) is 4.38. The van der Waals surface area contributed by atoms with Gasteiger partial charge in [0.05, 0.1) is 11.9 Å². The number of likely N-dealkylation sites (tertiary alicyclic amines) is 1. The molecule has 2 aliphatic rings. The number of nitrogens with zero attached hydrogens (tertiary/aromatic N) is 3. The summed E-state index contributed by atoms with van der Waals surface area (Å²) in [6.07, 6.45) is 4.60. The molecule has 1 spiro atoms. The van der Waals surface area contributed by atoms with Crippen molar-refractivity contribution < 1.29 is 9.90 Å². The number of rotatable bonds is 1. The molecular weight excluding hydrogens is 356 g/mol. The second kappa shape index (κ2) is 6.43. The first-order valence-corrected chi connectivity index (χ1v) is 9.78. The van der Waals surface area contributed by atoms with Gasteiger partial charge in [0, 0.05) is 29.5 Å². The molecule has 0 radical (unpaired) electrons. The van der Waals surface area contributed by atoms with Crippen molar-refractivity contribution in [2.75, 3.05) is 13.1 Å². The van der Waals surface area contributed by atoms with Crippen molar-refractivity contribution in [3.05, 3.63) is 51.5 Å². The average Bonchev–Trinajstić information content (AvgIpc) is 3.00. The molecule has 28 heavy (non-hydrogen) atoms. The van der Waals surface area contributed by atoms with E-state index in [1.165, 1.54) is 12.3 Å². The number of amides is 1. The summed E-state index contributed by atoms with van der Waals surface area (Å²) in [4.78, 5) is 39.3. The van der Waals surface area contributed by atoms with E-state index < -0.39 is 0 Å². The standard InChI is InChI=1S/C21H26N4O3/c1-20(2,3)19-23-16-14(17(27)24-19)7-9-21(16)8-4-10-25(12-21)18(28)15-6-5-13(26)11-22-15/h5-6,11,26H,4,7-10,12H2,1-3H3,(H,23,24,27). The summed E-state index contributed by atoms with van der Waals surface area (Å²) in [6, 6.07) is 3.02. The monoisotopic (exact) mass is 382 g/mol. The molecule has 2 aromatic rings. The van der Waals surface area contributed by atoms with Gasteiger partial charge in [-0.1, -0.05) is 20.8 Å². The molecule has 2 N–H and O–H groups in total. The average molecular weight is 382 g/mol. The van der Waals surface area contributed by atoms with Crippen molar-refractivity contribution in [1.82, 2.24) is 19.9 Å². The van der Waals surface area contributed by atoms with E-state index in [1.54, 1.807) is 6.07 Å². The first-order valence-electron chi connectivity index (χ1n) is 9.78. The number of H-pyrrole nitrogens is 1. The number of aromatic amines is 1. The van der Waals surface area contributed by atoms with Crippen molar-refractivity contribution in [3.63, 3.8) is 0 Å². The fourth-order valence-corrected chi connectivity index (χ4v) is 4.38. The van der Waals surface area contributed by atoms with Crippen LogP contribution in [-0.2, 0) is 17.3 Å². The largest absolute Gasteiger partial charge is 0.506 e. The molecule has 1 fully saturated rings. The normalized spacial score (nSPS) is 21.8. The quantitative estimate of drug-likeness (QED) is 0.788. The summed E-state index contributed by atoms with van der Waals surface area (Å²) in [6.45, 7) is 7.31. The van der Waals surface area contributed by atoms with Gasteiger partial charge in [0.2, 0.25) is 0 Å². The van der Waals surface area contributed by atoms with Crippen LogP contribution in [0.25, 0.3) is 0 Å². The van der Waals surface area contributed by atoms with Gasteiger partial charge >= 0.3 is 0 Å². The SMILES string of the molecule is CC(C)(C)c1nc2c(c(=O)[nH]1)CCC21CCCN(C(=O)c2ccc(O)cn2)C1. The third-order valence-electron chi connectivity index (χ3n) is 5.91. The minimum Gasteiger partial charge on any atom is -0.506 e. The predicted octanol–water partition coefficient (Wildman–Crippen LogP) is 2.29. The van der Waals surface area contributed by atoms with Gasteiger partial charge in [-0.25, -0.2) is 9.97 Å². The lowest BCUT2D eigenvalue weighted by Gasteiger charge is -2.40. The minimum absolute atomic E-state index is 0.0366. The van der Waals surface area contributed by atoms with Gasteiger partial charge in [-0.3, -0.25) is 9.59 Å². The molecule has 148 valence electrons. The maximum absolute atomic E-state index is 12.9. The van der Waals surface area contributed by atoms with Gasteiger partial charge in [0.15, 0.2) is 0 Å². The summed E-state index contributed by atoms with van der Waals surface area (Å²) < 4.78 is 0. The first kappa shape index (κ1) is 18.7. The topological polar surface area (TPSA) is 99.2 Å². The molecule has 1 aliphatic heterocycles. The Labute approximate surface area is 163 Å². The molecule has 2 aromatic heterocycles. The molecule has 0 aromatic carbocycles. The molecular formula is C21H26N4O3. The van der Waals surface area contributed by atoms with Crippen LogP contribution in [0.3, 0.4) is 0 Å². The van der Waals surface area contributed by atoms with Crippen molar-refractivity contribution in [3.8, 4) is 5.75 Å². The molecule has 1 aliphatic carbocycles. The van der Waals surface area contributed by atoms with Crippen molar-refractivity contribution in [1.29, 1.82) is 0 Å². The van der Waals surface area contributed by atoms with Gasteiger partial charge in [-0.15, -0.1) is 0 Å². The van der Waals surface area contributed by atoms with E-state index in [2.05, 4.69) is 9.97 Å². The molecule has 7 nitrogen and oxygen atoms in total. The molecule has 0 saturated carbocycles. The van der Waals surface area contributed by atoms with Gasteiger partial charge in [-0.2, -0.15) is 0 Å². The molecule has 4 rings (SSSR count). The van der Waals surface area contributed by atoms with Crippen LogP contribution in [0.15, 0.2) is 23.1 Å². The van der Waals surface area contributed by atoms with E-state index in [1.807, 2.05) is 25.7 Å². The lowest BCUT2D eigenvalue weighted by atomic mass is 9.77. The highest BCUT2D eigenvalue weighted by Gasteiger charge is 2.46. The maximum atomic E-state index is 12.9. The zero-order chi connectivity index (χ0) is 20.1. The van der Waals surface area contributed by atoms with Crippen molar-refractivity contribution >= 4 is 5.91 Å². The van der Waals surface area contributed by atoms with Gasteiger partial charge in [0.1, 0.15) is 17.3 Å². The Morgan fingerprint density at radius 1 is 1.29 bits per heavy atom. The van der Waals surface area contributed by atoms with E-state index in [9.17, 15) is 14.7 Å². The molecule has 1 atom stereocenters. The number of fused-ring (bicyclic) bond motifs is 2. The third-order valence-corrected chi connectivity index (χ3v) is 5.91. The summed E-state index contributed by atoms with van der Waals surface area (Å²) in [5.74, 6) is 0.587. The molecule has 0 bridgehead atoms. The van der Waals surface area contributed by atoms with Crippen LogP contribution < -0.4 is 5.56 Å². The summed E-state index contributed by atoms with van der Waals surface area (Å²) in [7, 11) is 0. The van der Waals surface area contributed by atoms with Crippen molar-refractivity contribution in [2.24, 2.45) is 0 Å². The van der Waals surface area contributed by atoms with Crippen molar-refractivity contribution in [2.45, 2.75) is 57.3 Å². The lowest BCUT2D eigenvalue weighted by molar-refractivity contribution is 0.0627. The van der Waals surface area contributed by atoms with E-state index in [0.717, 1.165) is 30.5 Å².